The van der Waals surface area contributed by atoms with Crippen LogP contribution in [0.1, 0.15) is 33.3 Å². The van der Waals surface area contributed by atoms with Gasteiger partial charge in [-0.2, -0.15) is 10.2 Å². The molecule has 0 radical (unpaired) electrons. The Morgan fingerprint density at radius 3 is 2.35 bits per heavy atom. The van der Waals surface area contributed by atoms with Gasteiger partial charge in [0.15, 0.2) is 11.5 Å². The van der Waals surface area contributed by atoms with Crippen LogP contribution in [0.4, 0.5) is 5.00 Å². The summed E-state index contributed by atoms with van der Waals surface area (Å²) in [6.07, 6.45) is 0. The van der Waals surface area contributed by atoms with E-state index in [0.29, 0.717) is 19.1 Å². The highest BCUT2D eigenvalue weighted by atomic mass is 32.1. The molecule has 122 valence electrons. The SMILES string of the molecule is Cc1nnc(C)c(C2CN(c3sc(C)c4c3OCCO4)C2)c1C. The predicted octanol–water partition coefficient (Wildman–Crippen LogP) is 3.15. The second kappa shape index (κ2) is 5.37. The number of aryl methyl sites for hydroxylation is 3. The van der Waals surface area contributed by atoms with E-state index < -0.39 is 0 Å². The molecule has 0 aromatic carbocycles. The molecule has 1 saturated heterocycles. The van der Waals surface area contributed by atoms with Crippen molar-refractivity contribution in [3.05, 3.63) is 27.4 Å². The fraction of sp³-hybridized carbons (Fsp3) is 0.529. The molecule has 2 aromatic heterocycles. The van der Waals surface area contributed by atoms with Crippen molar-refractivity contribution < 1.29 is 9.47 Å². The standard InChI is InChI=1S/C17H21N3O2S/c1-9-10(2)18-19-11(3)14(9)13-7-20(8-13)17-16-15(12(4)23-17)21-5-6-22-16/h13H,5-8H2,1-4H3. The number of hydrogen-bond acceptors (Lipinski definition) is 6. The van der Waals surface area contributed by atoms with E-state index >= 15 is 0 Å². The fourth-order valence-corrected chi connectivity index (χ4v) is 4.52. The lowest BCUT2D eigenvalue weighted by Crippen LogP contribution is -2.45. The predicted molar refractivity (Wildman–Crippen MR) is 91.2 cm³/mol. The van der Waals surface area contributed by atoms with E-state index in [1.54, 1.807) is 11.3 Å². The smallest absolute Gasteiger partial charge is 0.196 e. The molecule has 0 N–H and O–H groups in total. The first-order chi connectivity index (χ1) is 11.1. The number of aromatic nitrogens is 2. The summed E-state index contributed by atoms with van der Waals surface area (Å²) in [6.45, 7) is 11.6. The topological polar surface area (TPSA) is 47.5 Å². The maximum Gasteiger partial charge on any atom is 0.196 e. The third kappa shape index (κ3) is 2.27. The Morgan fingerprint density at radius 1 is 0.957 bits per heavy atom. The van der Waals surface area contributed by atoms with Crippen LogP contribution >= 0.6 is 11.3 Å². The molecule has 2 aromatic rings. The number of nitrogens with zero attached hydrogens (tertiary/aromatic N) is 3. The van der Waals surface area contributed by atoms with Crippen LogP contribution in [0.2, 0.25) is 0 Å². The van der Waals surface area contributed by atoms with Gasteiger partial charge in [0.25, 0.3) is 0 Å². The Balaban J connectivity index is 1.58. The minimum atomic E-state index is 0.520. The fourth-order valence-electron chi connectivity index (χ4n) is 3.46. The zero-order valence-electron chi connectivity index (χ0n) is 14.0. The Bertz CT molecular complexity index is 766. The van der Waals surface area contributed by atoms with Crippen LogP contribution in [0.5, 0.6) is 11.5 Å². The Kier molecular flexibility index (Phi) is 3.44. The van der Waals surface area contributed by atoms with Gasteiger partial charge in [0.1, 0.15) is 18.2 Å². The van der Waals surface area contributed by atoms with Crippen LogP contribution in [0.15, 0.2) is 0 Å². The zero-order chi connectivity index (χ0) is 16.1. The van der Waals surface area contributed by atoms with Gasteiger partial charge in [-0.15, -0.1) is 11.3 Å². The van der Waals surface area contributed by atoms with Crippen LogP contribution in [-0.2, 0) is 0 Å². The molecule has 0 atom stereocenters. The summed E-state index contributed by atoms with van der Waals surface area (Å²) in [7, 11) is 0. The largest absolute Gasteiger partial charge is 0.485 e. The molecule has 1 fully saturated rings. The number of fused-ring (bicyclic) bond motifs is 1. The van der Waals surface area contributed by atoms with Crippen molar-refractivity contribution in [3.8, 4) is 11.5 Å². The molecule has 4 heterocycles. The van der Waals surface area contributed by atoms with E-state index in [9.17, 15) is 0 Å². The summed E-state index contributed by atoms with van der Waals surface area (Å²) in [5.41, 5.74) is 4.74. The lowest BCUT2D eigenvalue weighted by molar-refractivity contribution is 0.172. The summed E-state index contributed by atoms with van der Waals surface area (Å²) in [4.78, 5) is 3.59. The maximum atomic E-state index is 5.86. The summed E-state index contributed by atoms with van der Waals surface area (Å²) >= 11 is 1.77. The lowest BCUT2D eigenvalue weighted by Gasteiger charge is -2.41. The summed E-state index contributed by atoms with van der Waals surface area (Å²) in [6, 6.07) is 0. The summed E-state index contributed by atoms with van der Waals surface area (Å²) in [5, 5.41) is 9.73. The monoisotopic (exact) mass is 331 g/mol. The average Bonchev–Trinajstić information content (AvgIpc) is 2.83. The van der Waals surface area contributed by atoms with E-state index in [-0.39, 0.29) is 0 Å². The third-order valence-corrected chi connectivity index (χ3v) is 5.94. The minimum Gasteiger partial charge on any atom is -0.485 e. The van der Waals surface area contributed by atoms with E-state index in [1.807, 2.05) is 6.92 Å². The van der Waals surface area contributed by atoms with Gasteiger partial charge in [-0.05, 0) is 38.8 Å². The quantitative estimate of drug-likeness (QED) is 0.846. The van der Waals surface area contributed by atoms with Crippen LogP contribution in [0.25, 0.3) is 0 Å². The Hall–Kier alpha value is -1.82. The molecule has 0 amide bonds. The molecule has 6 heteroatoms. The van der Waals surface area contributed by atoms with Crippen molar-refractivity contribution in [3.63, 3.8) is 0 Å². The van der Waals surface area contributed by atoms with Gasteiger partial charge in [-0.3, -0.25) is 0 Å². The van der Waals surface area contributed by atoms with E-state index in [0.717, 1.165) is 36.0 Å². The van der Waals surface area contributed by atoms with Crippen LogP contribution in [-0.4, -0.2) is 36.5 Å². The van der Waals surface area contributed by atoms with Gasteiger partial charge < -0.3 is 14.4 Å². The average molecular weight is 331 g/mol. The zero-order valence-corrected chi connectivity index (χ0v) is 14.8. The van der Waals surface area contributed by atoms with Gasteiger partial charge >= 0.3 is 0 Å². The highest BCUT2D eigenvalue weighted by Gasteiger charge is 2.36. The highest BCUT2D eigenvalue weighted by molar-refractivity contribution is 7.16. The first-order valence-electron chi connectivity index (χ1n) is 8.00. The van der Waals surface area contributed by atoms with E-state index in [1.165, 1.54) is 21.0 Å². The molecule has 0 spiro atoms. The van der Waals surface area contributed by atoms with Crippen molar-refractivity contribution >= 4 is 16.3 Å². The molecule has 23 heavy (non-hydrogen) atoms. The van der Waals surface area contributed by atoms with Crippen molar-refractivity contribution in [2.45, 2.75) is 33.6 Å². The number of hydrogen-bond donors (Lipinski definition) is 0. The van der Waals surface area contributed by atoms with Crippen molar-refractivity contribution in [1.82, 2.24) is 10.2 Å². The first kappa shape index (κ1) is 14.8. The summed E-state index contributed by atoms with van der Waals surface area (Å²) in [5.74, 6) is 2.40. The van der Waals surface area contributed by atoms with Gasteiger partial charge in [-0.1, -0.05) is 0 Å². The normalized spacial score (nSPS) is 17.3. The van der Waals surface area contributed by atoms with Crippen molar-refractivity contribution in [1.29, 1.82) is 0 Å². The molecule has 4 rings (SSSR count). The van der Waals surface area contributed by atoms with Crippen LogP contribution in [0.3, 0.4) is 0 Å². The Labute approximate surface area is 140 Å². The van der Waals surface area contributed by atoms with Gasteiger partial charge in [0.05, 0.1) is 11.4 Å². The molecule has 2 aliphatic heterocycles. The van der Waals surface area contributed by atoms with E-state index in [2.05, 4.69) is 35.9 Å². The van der Waals surface area contributed by atoms with Gasteiger partial charge in [-0.25, -0.2) is 0 Å². The summed E-state index contributed by atoms with van der Waals surface area (Å²) < 4.78 is 11.6. The second-order valence-corrected chi connectivity index (χ2v) is 7.53. The minimum absolute atomic E-state index is 0.520. The number of thiophene rings is 1. The maximum absolute atomic E-state index is 5.86. The van der Waals surface area contributed by atoms with E-state index in [4.69, 9.17) is 9.47 Å². The molecular formula is C17H21N3O2S. The van der Waals surface area contributed by atoms with Gasteiger partial charge in [0.2, 0.25) is 0 Å². The molecule has 0 bridgehead atoms. The third-order valence-electron chi connectivity index (χ3n) is 4.81. The number of rotatable bonds is 2. The lowest BCUT2D eigenvalue weighted by atomic mass is 9.87. The second-order valence-electron chi connectivity index (χ2n) is 6.33. The number of ether oxygens (including phenoxy) is 2. The molecule has 0 aliphatic carbocycles. The van der Waals surface area contributed by atoms with Crippen molar-refractivity contribution in [2.75, 3.05) is 31.2 Å². The highest BCUT2D eigenvalue weighted by Crippen LogP contribution is 2.51. The van der Waals surface area contributed by atoms with Crippen molar-refractivity contribution in [2.24, 2.45) is 0 Å². The first-order valence-corrected chi connectivity index (χ1v) is 8.82. The molecular weight excluding hydrogens is 310 g/mol. The van der Waals surface area contributed by atoms with Gasteiger partial charge in [0, 0.05) is 23.9 Å². The molecule has 2 aliphatic rings. The van der Waals surface area contributed by atoms with Crippen LogP contribution in [0, 0.1) is 27.7 Å². The Morgan fingerprint density at radius 2 is 1.61 bits per heavy atom. The number of anilines is 1. The molecule has 5 nitrogen and oxygen atoms in total. The molecule has 0 saturated carbocycles. The van der Waals surface area contributed by atoms with Crippen LogP contribution < -0.4 is 14.4 Å². The molecule has 0 unspecified atom stereocenters.